The molecule has 5 nitrogen and oxygen atoms in total. The zero-order chi connectivity index (χ0) is 14.0. The van der Waals surface area contributed by atoms with Crippen molar-refractivity contribution < 1.29 is 14.6 Å². The van der Waals surface area contributed by atoms with Crippen LogP contribution in [0.15, 0.2) is 16.8 Å². The van der Waals surface area contributed by atoms with E-state index in [4.69, 9.17) is 4.74 Å². The Morgan fingerprint density at radius 1 is 1.40 bits per heavy atom. The molecular formula is C14H20N2O3S. The minimum Gasteiger partial charge on any atom is -0.387 e. The number of β-amino-alcohol motifs (C(OH)–C–C–N with tert-alkyl or cyclic N) is 1. The molecule has 2 aliphatic heterocycles. The average Bonchev–Trinajstić information content (AvgIpc) is 3.09. The van der Waals surface area contributed by atoms with Crippen molar-refractivity contribution in [2.75, 3.05) is 45.9 Å². The number of aliphatic hydroxyl groups is 1. The summed E-state index contributed by atoms with van der Waals surface area (Å²) in [7, 11) is 0. The van der Waals surface area contributed by atoms with E-state index in [1.165, 1.54) is 11.3 Å². The number of morpholine rings is 1. The summed E-state index contributed by atoms with van der Waals surface area (Å²) in [5, 5.41) is 14.5. The van der Waals surface area contributed by atoms with Gasteiger partial charge >= 0.3 is 0 Å². The molecule has 1 N–H and O–H groups in total. The maximum absolute atomic E-state index is 12.3. The van der Waals surface area contributed by atoms with Gasteiger partial charge in [-0.25, -0.2) is 0 Å². The Morgan fingerprint density at radius 2 is 2.20 bits per heavy atom. The number of hydrogen-bond donors (Lipinski definition) is 1. The van der Waals surface area contributed by atoms with Gasteiger partial charge in [-0.2, -0.15) is 11.3 Å². The molecule has 3 rings (SSSR count). The number of carbonyl (C=O) groups excluding carboxylic acids is 1. The largest absolute Gasteiger partial charge is 0.387 e. The Balaban J connectivity index is 1.59. The van der Waals surface area contributed by atoms with Crippen LogP contribution in [0.4, 0.5) is 0 Å². The molecule has 1 atom stereocenters. The fraction of sp³-hybridized carbons (Fsp3) is 0.643. The quantitative estimate of drug-likeness (QED) is 0.890. The first-order valence-electron chi connectivity index (χ1n) is 7.00. The van der Waals surface area contributed by atoms with Crippen LogP contribution in [0.3, 0.4) is 0 Å². The molecule has 0 aliphatic carbocycles. The molecule has 0 saturated carbocycles. The lowest BCUT2D eigenvalue weighted by Crippen LogP contribution is -2.49. The van der Waals surface area contributed by atoms with Gasteiger partial charge in [-0.15, -0.1) is 0 Å². The summed E-state index contributed by atoms with van der Waals surface area (Å²) in [5.41, 5.74) is -0.0474. The first-order chi connectivity index (χ1) is 9.66. The van der Waals surface area contributed by atoms with Crippen LogP contribution < -0.4 is 0 Å². The van der Waals surface area contributed by atoms with Crippen LogP contribution in [0, 0.1) is 0 Å². The van der Waals surface area contributed by atoms with E-state index < -0.39 is 5.60 Å². The van der Waals surface area contributed by atoms with Crippen LogP contribution in [-0.4, -0.2) is 72.4 Å². The van der Waals surface area contributed by atoms with Crippen molar-refractivity contribution in [3.63, 3.8) is 0 Å². The van der Waals surface area contributed by atoms with Gasteiger partial charge in [0.2, 0.25) is 0 Å². The van der Waals surface area contributed by atoms with Gasteiger partial charge in [0.15, 0.2) is 0 Å². The van der Waals surface area contributed by atoms with Crippen LogP contribution in [-0.2, 0) is 4.74 Å². The van der Waals surface area contributed by atoms with Gasteiger partial charge < -0.3 is 14.7 Å². The highest BCUT2D eigenvalue weighted by atomic mass is 32.1. The SMILES string of the molecule is O=C(c1ccsc1)N1CC[C@](O)(CN2CCOCC2)C1. The van der Waals surface area contributed by atoms with Crippen LogP contribution in [0.25, 0.3) is 0 Å². The van der Waals surface area contributed by atoms with E-state index >= 15 is 0 Å². The molecule has 110 valence electrons. The third kappa shape index (κ3) is 3.03. The maximum Gasteiger partial charge on any atom is 0.254 e. The van der Waals surface area contributed by atoms with E-state index in [0.717, 1.165) is 31.9 Å². The third-order valence-electron chi connectivity index (χ3n) is 4.01. The zero-order valence-electron chi connectivity index (χ0n) is 11.5. The van der Waals surface area contributed by atoms with Crippen LogP contribution in [0.5, 0.6) is 0 Å². The van der Waals surface area contributed by atoms with Gasteiger partial charge in [0.1, 0.15) is 0 Å². The summed E-state index contributed by atoms with van der Waals surface area (Å²) >= 11 is 1.52. The highest BCUT2D eigenvalue weighted by molar-refractivity contribution is 7.08. The smallest absolute Gasteiger partial charge is 0.254 e. The summed E-state index contributed by atoms with van der Waals surface area (Å²) < 4.78 is 5.32. The number of nitrogens with zero attached hydrogens (tertiary/aromatic N) is 2. The molecule has 0 spiro atoms. The minimum absolute atomic E-state index is 0.0316. The number of rotatable bonds is 3. The van der Waals surface area contributed by atoms with Gasteiger partial charge in [-0.3, -0.25) is 9.69 Å². The molecular weight excluding hydrogens is 276 g/mol. The van der Waals surface area contributed by atoms with Crippen LogP contribution >= 0.6 is 11.3 Å². The Labute approximate surface area is 122 Å². The molecule has 0 unspecified atom stereocenters. The second-order valence-corrected chi connectivity index (χ2v) is 6.38. The maximum atomic E-state index is 12.3. The van der Waals surface area contributed by atoms with Crippen molar-refractivity contribution >= 4 is 17.2 Å². The standard InChI is InChI=1S/C14H20N2O3S/c17-13(12-1-8-20-9-12)16-3-2-14(18,11-16)10-15-4-6-19-7-5-15/h1,8-9,18H,2-7,10-11H2/t14-/m0/s1. The highest BCUT2D eigenvalue weighted by Crippen LogP contribution is 2.25. The Morgan fingerprint density at radius 3 is 2.90 bits per heavy atom. The summed E-state index contributed by atoms with van der Waals surface area (Å²) in [5.74, 6) is 0.0316. The molecule has 2 saturated heterocycles. The molecule has 3 heterocycles. The summed E-state index contributed by atoms with van der Waals surface area (Å²) in [6.45, 7) is 4.88. The Bertz CT molecular complexity index is 459. The van der Waals surface area contributed by atoms with E-state index in [1.54, 1.807) is 4.90 Å². The molecule has 0 radical (unpaired) electrons. The topological polar surface area (TPSA) is 53.0 Å². The first-order valence-corrected chi connectivity index (χ1v) is 7.95. The van der Waals surface area contributed by atoms with Crippen molar-refractivity contribution in [3.05, 3.63) is 22.4 Å². The predicted octanol–water partition coefficient (Wildman–Crippen LogP) is 0.657. The van der Waals surface area contributed by atoms with Gasteiger partial charge in [0.25, 0.3) is 5.91 Å². The molecule has 1 amide bonds. The van der Waals surface area contributed by atoms with Crippen LogP contribution in [0.2, 0.25) is 0 Å². The van der Waals surface area contributed by atoms with Crippen LogP contribution in [0.1, 0.15) is 16.8 Å². The number of carbonyl (C=O) groups is 1. The Hall–Kier alpha value is -0.950. The fourth-order valence-corrected chi connectivity index (χ4v) is 3.53. The summed E-state index contributed by atoms with van der Waals surface area (Å²) in [4.78, 5) is 16.3. The lowest BCUT2D eigenvalue weighted by atomic mass is 10.0. The van der Waals surface area contributed by atoms with Gasteiger partial charge in [0.05, 0.1) is 30.9 Å². The first kappa shape index (κ1) is 14.0. The van der Waals surface area contributed by atoms with E-state index in [-0.39, 0.29) is 5.91 Å². The molecule has 1 aromatic heterocycles. The number of ether oxygens (including phenoxy) is 1. The average molecular weight is 296 g/mol. The number of thiophene rings is 1. The fourth-order valence-electron chi connectivity index (χ4n) is 2.90. The Kier molecular flexibility index (Phi) is 4.07. The molecule has 2 fully saturated rings. The van der Waals surface area contributed by atoms with Gasteiger partial charge in [-0.1, -0.05) is 0 Å². The summed E-state index contributed by atoms with van der Waals surface area (Å²) in [6.07, 6.45) is 0.653. The van der Waals surface area contributed by atoms with E-state index in [0.29, 0.717) is 26.1 Å². The third-order valence-corrected chi connectivity index (χ3v) is 4.69. The number of hydrogen-bond acceptors (Lipinski definition) is 5. The number of likely N-dealkylation sites (tertiary alicyclic amines) is 1. The molecule has 6 heteroatoms. The second-order valence-electron chi connectivity index (χ2n) is 5.60. The van der Waals surface area contributed by atoms with E-state index in [9.17, 15) is 9.90 Å². The van der Waals surface area contributed by atoms with E-state index in [1.807, 2.05) is 16.8 Å². The molecule has 0 aromatic carbocycles. The normalized spacial score (nSPS) is 27.9. The molecule has 0 bridgehead atoms. The van der Waals surface area contributed by atoms with Crippen molar-refractivity contribution in [1.29, 1.82) is 0 Å². The molecule has 1 aromatic rings. The van der Waals surface area contributed by atoms with Gasteiger partial charge in [-0.05, 0) is 17.9 Å². The monoisotopic (exact) mass is 296 g/mol. The molecule has 20 heavy (non-hydrogen) atoms. The van der Waals surface area contributed by atoms with E-state index in [2.05, 4.69) is 4.90 Å². The summed E-state index contributed by atoms with van der Waals surface area (Å²) in [6, 6.07) is 1.84. The predicted molar refractivity (Wildman–Crippen MR) is 77.0 cm³/mol. The lowest BCUT2D eigenvalue weighted by molar-refractivity contribution is -0.0257. The highest BCUT2D eigenvalue weighted by Gasteiger charge is 2.39. The molecule has 2 aliphatic rings. The van der Waals surface area contributed by atoms with Crippen molar-refractivity contribution in [2.45, 2.75) is 12.0 Å². The van der Waals surface area contributed by atoms with Crippen molar-refractivity contribution in [1.82, 2.24) is 9.80 Å². The van der Waals surface area contributed by atoms with Crippen molar-refractivity contribution in [3.8, 4) is 0 Å². The minimum atomic E-state index is -0.775. The number of amides is 1. The second kappa shape index (κ2) is 5.81. The lowest BCUT2D eigenvalue weighted by Gasteiger charge is -2.33. The zero-order valence-corrected chi connectivity index (χ0v) is 12.3. The van der Waals surface area contributed by atoms with Crippen molar-refractivity contribution in [2.24, 2.45) is 0 Å². The van der Waals surface area contributed by atoms with Gasteiger partial charge in [0, 0.05) is 31.6 Å².